The molecule has 3 aromatic carbocycles. The van der Waals surface area contributed by atoms with Crippen molar-refractivity contribution in [1.29, 1.82) is 0 Å². The number of amides is 3. The standard InChI is InChI=1S/C26H29N3O3/c1-29(2)25(30)21-14-15-24(32-3)23(18-21)28-26(31)27-17-16-22(19-10-6-4-7-11-19)20-12-8-5-9-13-20/h4-15,18,22H,16-17H2,1-3H3,(H2,27,28,31). The Morgan fingerprint density at radius 3 is 2.03 bits per heavy atom. The van der Waals surface area contributed by atoms with Gasteiger partial charge in [-0.2, -0.15) is 0 Å². The van der Waals surface area contributed by atoms with Crippen molar-refractivity contribution in [1.82, 2.24) is 10.2 Å². The normalized spacial score (nSPS) is 10.5. The molecule has 0 saturated heterocycles. The van der Waals surface area contributed by atoms with Gasteiger partial charge in [-0.1, -0.05) is 60.7 Å². The van der Waals surface area contributed by atoms with E-state index in [2.05, 4.69) is 34.9 Å². The van der Waals surface area contributed by atoms with Crippen molar-refractivity contribution in [3.05, 3.63) is 95.6 Å². The van der Waals surface area contributed by atoms with E-state index in [1.165, 1.54) is 23.1 Å². The van der Waals surface area contributed by atoms with E-state index >= 15 is 0 Å². The van der Waals surface area contributed by atoms with Gasteiger partial charge in [-0.15, -0.1) is 0 Å². The number of ether oxygens (including phenoxy) is 1. The van der Waals surface area contributed by atoms with Crippen LogP contribution in [0.4, 0.5) is 10.5 Å². The number of nitrogens with zero attached hydrogens (tertiary/aromatic N) is 1. The number of hydrogen-bond donors (Lipinski definition) is 2. The second-order valence-electron chi connectivity index (χ2n) is 7.66. The van der Waals surface area contributed by atoms with Gasteiger partial charge in [-0.05, 0) is 35.7 Å². The molecule has 2 N–H and O–H groups in total. The molecule has 6 heteroatoms. The molecular weight excluding hydrogens is 402 g/mol. The number of nitrogens with one attached hydrogen (secondary N) is 2. The summed E-state index contributed by atoms with van der Waals surface area (Å²) < 4.78 is 5.33. The lowest BCUT2D eigenvalue weighted by atomic mass is 9.88. The lowest BCUT2D eigenvalue weighted by Crippen LogP contribution is -2.30. The third-order valence-electron chi connectivity index (χ3n) is 5.22. The lowest BCUT2D eigenvalue weighted by Gasteiger charge is -2.19. The second kappa shape index (κ2) is 11.0. The molecule has 3 amide bonds. The minimum atomic E-state index is -0.349. The summed E-state index contributed by atoms with van der Waals surface area (Å²) in [4.78, 5) is 26.3. The molecule has 0 aliphatic rings. The van der Waals surface area contributed by atoms with E-state index in [-0.39, 0.29) is 17.9 Å². The SMILES string of the molecule is COc1ccc(C(=O)N(C)C)cc1NC(=O)NCCC(c1ccccc1)c1ccccc1. The average Bonchev–Trinajstić information content (AvgIpc) is 2.82. The molecule has 3 rings (SSSR count). The second-order valence-corrected chi connectivity index (χ2v) is 7.66. The van der Waals surface area contributed by atoms with Gasteiger partial charge in [0.2, 0.25) is 0 Å². The van der Waals surface area contributed by atoms with Crippen LogP contribution >= 0.6 is 0 Å². The van der Waals surface area contributed by atoms with Crippen LogP contribution in [-0.4, -0.2) is 44.6 Å². The first-order chi connectivity index (χ1) is 15.5. The Morgan fingerprint density at radius 1 is 0.906 bits per heavy atom. The van der Waals surface area contributed by atoms with Crippen molar-refractivity contribution in [2.24, 2.45) is 0 Å². The molecule has 3 aromatic rings. The van der Waals surface area contributed by atoms with Gasteiger partial charge in [0, 0.05) is 32.1 Å². The van der Waals surface area contributed by atoms with Crippen LogP contribution in [0.5, 0.6) is 5.75 Å². The Labute approximate surface area is 189 Å². The Bertz CT molecular complexity index is 997. The smallest absolute Gasteiger partial charge is 0.319 e. The van der Waals surface area contributed by atoms with Crippen LogP contribution in [-0.2, 0) is 0 Å². The van der Waals surface area contributed by atoms with Crippen LogP contribution in [0.15, 0.2) is 78.9 Å². The van der Waals surface area contributed by atoms with Gasteiger partial charge in [0.05, 0.1) is 12.8 Å². The van der Waals surface area contributed by atoms with E-state index in [1.807, 2.05) is 36.4 Å². The van der Waals surface area contributed by atoms with E-state index in [1.54, 1.807) is 32.3 Å². The fourth-order valence-corrected chi connectivity index (χ4v) is 3.59. The first-order valence-corrected chi connectivity index (χ1v) is 10.5. The maximum Gasteiger partial charge on any atom is 0.319 e. The Hall–Kier alpha value is -3.80. The van der Waals surface area contributed by atoms with Crippen LogP contribution in [0.25, 0.3) is 0 Å². The number of rotatable bonds is 8. The van der Waals surface area contributed by atoms with Gasteiger partial charge >= 0.3 is 6.03 Å². The highest BCUT2D eigenvalue weighted by Gasteiger charge is 2.16. The van der Waals surface area contributed by atoms with Gasteiger partial charge in [0.15, 0.2) is 0 Å². The number of carbonyl (C=O) groups excluding carboxylic acids is 2. The lowest BCUT2D eigenvalue weighted by molar-refractivity contribution is 0.0827. The minimum Gasteiger partial charge on any atom is -0.495 e. The summed E-state index contributed by atoms with van der Waals surface area (Å²) in [6, 6.07) is 25.2. The van der Waals surface area contributed by atoms with Crippen molar-refractivity contribution < 1.29 is 14.3 Å². The Morgan fingerprint density at radius 2 is 1.50 bits per heavy atom. The quantitative estimate of drug-likeness (QED) is 0.541. The van der Waals surface area contributed by atoms with Gasteiger partial charge in [0.25, 0.3) is 5.91 Å². The van der Waals surface area contributed by atoms with E-state index in [0.717, 1.165) is 6.42 Å². The summed E-state index contributed by atoms with van der Waals surface area (Å²) in [7, 11) is 4.89. The van der Waals surface area contributed by atoms with Gasteiger partial charge < -0.3 is 20.3 Å². The number of benzene rings is 3. The van der Waals surface area contributed by atoms with Crippen LogP contribution in [0.1, 0.15) is 33.8 Å². The van der Waals surface area contributed by atoms with E-state index < -0.39 is 0 Å². The molecule has 0 saturated carbocycles. The zero-order valence-electron chi connectivity index (χ0n) is 18.7. The molecule has 6 nitrogen and oxygen atoms in total. The maximum atomic E-state index is 12.6. The summed E-state index contributed by atoms with van der Waals surface area (Å²) in [6.07, 6.45) is 0.748. The molecule has 166 valence electrons. The number of hydrogen-bond acceptors (Lipinski definition) is 3. The molecule has 0 aliphatic heterocycles. The summed E-state index contributed by atoms with van der Waals surface area (Å²) >= 11 is 0. The molecule has 0 heterocycles. The molecule has 32 heavy (non-hydrogen) atoms. The molecule has 0 atom stereocenters. The van der Waals surface area contributed by atoms with Crippen molar-refractivity contribution in [2.75, 3.05) is 33.1 Å². The van der Waals surface area contributed by atoms with E-state index in [9.17, 15) is 9.59 Å². The summed E-state index contributed by atoms with van der Waals surface area (Å²) in [5.41, 5.74) is 3.33. The van der Waals surface area contributed by atoms with Crippen LogP contribution < -0.4 is 15.4 Å². The minimum absolute atomic E-state index is 0.148. The fraction of sp³-hybridized carbons (Fsp3) is 0.231. The van der Waals surface area contributed by atoms with E-state index in [4.69, 9.17) is 4.74 Å². The Balaban J connectivity index is 1.66. The highest BCUT2D eigenvalue weighted by atomic mass is 16.5. The van der Waals surface area contributed by atoms with Gasteiger partial charge in [-0.3, -0.25) is 4.79 Å². The number of urea groups is 1. The third kappa shape index (κ3) is 5.88. The average molecular weight is 432 g/mol. The van der Waals surface area contributed by atoms with Crippen molar-refractivity contribution in [3.63, 3.8) is 0 Å². The Kier molecular flexibility index (Phi) is 7.86. The number of methoxy groups -OCH3 is 1. The molecule has 0 spiro atoms. The molecular formula is C26H29N3O3. The summed E-state index contributed by atoms with van der Waals surface area (Å²) in [6.45, 7) is 0.485. The predicted octanol–water partition coefficient (Wildman–Crippen LogP) is 4.74. The monoisotopic (exact) mass is 431 g/mol. The summed E-state index contributed by atoms with van der Waals surface area (Å²) in [5.74, 6) is 0.514. The van der Waals surface area contributed by atoms with Crippen LogP contribution in [0.3, 0.4) is 0 Å². The number of carbonyl (C=O) groups is 2. The molecule has 0 aliphatic carbocycles. The first-order valence-electron chi connectivity index (χ1n) is 10.5. The highest BCUT2D eigenvalue weighted by molar-refractivity contribution is 5.97. The maximum absolute atomic E-state index is 12.6. The van der Waals surface area contributed by atoms with Gasteiger partial charge in [-0.25, -0.2) is 4.79 Å². The van der Waals surface area contributed by atoms with E-state index in [0.29, 0.717) is 23.5 Å². The van der Waals surface area contributed by atoms with Crippen molar-refractivity contribution in [2.45, 2.75) is 12.3 Å². The third-order valence-corrected chi connectivity index (χ3v) is 5.22. The van der Waals surface area contributed by atoms with Crippen molar-refractivity contribution >= 4 is 17.6 Å². The van der Waals surface area contributed by atoms with Crippen LogP contribution in [0.2, 0.25) is 0 Å². The largest absolute Gasteiger partial charge is 0.495 e. The molecule has 0 aromatic heterocycles. The van der Waals surface area contributed by atoms with Gasteiger partial charge in [0.1, 0.15) is 5.75 Å². The molecule has 0 unspecified atom stereocenters. The number of anilines is 1. The zero-order valence-corrected chi connectivity index (χ0v) is 18.7. The zero-order chi connectivity index (χ0) is 22.9. The first kappa shape index (κ1) is 22.9. The van der Waals surface area contributed by atoms with Crippen molar-refractivity contribution in [3.8, 4) is 5.75 Å². The topological polar surface area (TPSA) is 70.7 Å². The molecule has 0 fully saturated rings. The highest BCUT2D eigenvalue weighted by Crippen LogP contribution is 2.28. The molecule has 0 radical (unpaired) electrons. The molecule has 0 bridgehead atoms. The predicted molar refractivity (Wildman–Crippen MR) is 127 cm³/mol. The van der Waals surface area contributed by atoms with Crippen LogP contribution in [0, 0.1) is 0 Å². The fourth-order valence-electron chi connectivity index (χ4n) is 3.59. The summed E-state index contributed by atoms with van der Waals surface area (Å²) in [5, 5.41) is 5.73.